The van der Waals surface area contributed by atoms with Crippen LogP contribution in [0, 0.1) is 5.92 Å². The SMILES string of the molecule is CC(C(=O)OC(c1ccccc1)c1ccccc1)c1cccc(C(=O)CNC(=O)CCC2CCN(C(=O)OC(C)(C)C)CC2)c1. The van der Waals surface area contributed by atoms with Crippen molar-refractivity contribution in [2.24, 2.45) is 5.92 Å². The fourth-order valence-corrected chi connectivity index (χ4v) is 5.36. The van der Waals surface area contributed by atoms with Crippen molar-refractivity contribution in [2.75, 3.05) is 19.6 Å². The second kappa shape index (κ2) is 15.5. The van der Waals surface area contributed by atoms with Crippen LogP contribution in [0.2, 0.25) is 0 Å². The summed E-state index contributed by atoms with van der Waals surface area (Å²) in [5.41, 5.74) is 2.30. The van der Waals surface area contributed by atoms with E-state index in [2.05, 4.69) is 5.32 Å². The summed E-state index contributed by atoms with van der Waals surface area (Å²) in [7, 11) is 0. The highest BCUT2D eigenvalue weighted by atomic mass is 16.6. The van der Waals surface area contributed by atoms with Gasteiger partial charge in [-0.1, -0.05) is 78.9 Å². The van der Waals surface area contributed by atoms with Crippen LogP contribution in [-0.4, -0.2) is 53.9 Å². The lowest BCUT2D eigenvalue weighted by atomic mass is 9.92. The number of hydrogen-bond donors (Lipinski definition) is 1. The third-order valence-corrected chi connectivity index (χ3v) is 7.99. The summed E-state index contributed by atoms with van der Waals surface area (Å²) in [6, 6.07) is 26.1. The molecule has 1 saturated heterocycles. The molecule has 238 valence electrons. The Balaban J connectivity index is 1.26. The molecule has 3 aromatic rings. The maximum absolute atomic E-state index is 13.3. The van der Waals surface area contributed by atoms with Gasteiger partial charge >= 0.3 is 12.1 Å². The molecule has 3 aromatic carbocycles. The molecule has 8 heteroatoms. The zero-order chi connectivity index (χ0) is 32.4. The van der Waals surface area contributed by atoms with Crippen molar-refractivity contribution in [3.63, 3.8) is 0 Å². The molecule has 1 fully saturated rings. The monoisotopic (exact) mass is 612 g/mol. The number of amides is 2. The number of hydrogen-bond acceptors (Lipinski definition) is 6. The molecule has 1 atom stereocenters. The van der Waals surface area contributed by atoms with Crippen molar-refractivity contribution >= 4 is 23.8 Å². The standard InChI is InChI=1S/C37H44N2O6/c1-26(35(42)44-34(28-12-7-5-8-13-28)29-14-9-6-10-15-29)30-16-11-17-31(24-30)32(40)25-38-33(41)19-18-27-20-22-39(23-21-27)36(43)45-37(2,3)4/h5-17,24,26-27,34H,18-23,25H2,1-4H3,(H,38,41). The fraction of sp³-hybridized carbons (Fsp3) is 0.405. The van der Waals surface area contributed by atoms with Gasteiger partial charge in [0.05, 0.1) is 12.5 Å². The predicted octanol–water partition coefficient (Wildman–Crippen LogP) is 6.85. The van der Waals surface area contributed by atoms with E-state index in [0.29, 0.717) is 43.0 Å². The highest BCUT2D eigenvalue weighted by Crippen LogP contribution is 2.29. The molecule has 0 radical (unpaired) electrons. The average molecular weight is 613 g/mol. The third kappa shape index (κ3) is 10.0. The van der Waals surface area contributed by atoms with Gasteiger partial charge in [0.25, 0.3) is 0 Å². The van der Waals surface area contributed by atoms with E-state index in [0.717, 1.165) is 24.0 Å². The quantitative estimate of drug-likeness (QED) is 0.188. The highest BCUT2D eigenvalue weighted by molar-refractivity contribution is 5.99. The molecule has 0 aliphatic carbocycles. The van der Waals surface area contributed by atoms with Gasteiger partial charge in [-0.05, 0) is 75.6 Å². The first-order valence-corrected chi connectivity index (χ1v) is 15.7. The zero-order valence-electron chi connectivity index (χ0n) is 26.7. The number of carbonyl (C=O) groups is 4. The van der Waals surface area contributed by atoms with Gasteiger partial charge in [0.1, 0.15) is 5.60 Å². The van der Waals surface area contributed by atoms with E-state index >= 15 is 0 Å². The van der Waals surface area contributed by atoms with Crippen molar-refractivity contribution in [2.45, 2.75) is 71.0 Å². The number of esters is 1. The Kier molecular flexibility index (Phi) is 11.5. The maximum Gasteiger partial charge on any atom is 0.410 e. The lowest BCUT2D eigenvalue weighted by Gasteiger charge is -2.33. The lowest BCUT2D eigenvalue weighted by Crippen LogP contribution is -2.41. The van der Waals surface area contributed by atoms with Crippen LogP contribution >= 0.6 is 0 Å². The van der Waals surface area contributed by atoms with E-state index in [1.165, 1.54) is 0 Å². The second-order valence-corrected chi connectivity index (χ2v) is 12.6. The first kappa shape index (κ1) is 33.4. The molecule has 0 bridgehead atoms. The molecule has 1 aliphatic rings. The third-order valence-electron chi connectivity index (χ3n) is 7.99. The van der Waals surface area contributed by atoms with Crippen LogP contribution in [0.1, 0.15) is 92.4 Å². The van der Waals surface area contributed by atoms with Gasteiger partial charge in [0.2, 0.25) is 5.91 Å². The van der Waals surface area contributed by atoms with Crippen LogP contribution in [0.3, 0.4) is 0 Å². The van der Waals surface area contributed by atoms with Crippen LogP contribution in [0.5, 0.6) is 0 Å². The Morgan fingerprint density at radius 1 is 0.844 bits per heavy atom. The Labute approximate surface area is 266 Å². The topological polar surface area (TPSA) is 102 Å². The molecule has 0 aromatic heterocycles. The van der Waals surface area contributed by atoms with E-state index in [-0.39, 0.29) is 24.3 Å². The molecule has 4 rings (SSSR count). The normalized spacial score (nSPS) is 14.5. The van der Waals surface area contributed by atoms with Gasteiger partial charge in [-0.15, -0.1) is 0 Å². The van der Waals surface area contributed by atoms with Gasteiger partial charge in [-0.2, -0.15) is 0 Å². The molecular weight excluding hydrogens is 568 g/mol. The van der Waals surface area contributed by atoms with Crippen LogP contribution in [0.25, 0.3) is 0 Å². The minimum Gasteiger partial charge on any atom is -0.452 e. The molecule has 1 aliphatic heterocycles. The highest BCUT2D eigenvalue weighted by Gasteiger charge is 2.27. The molecule has 45 heavy (non-hydrogen) atoms. The summed E-state index contributed by atoms with van der Waals surface area (Å²) in [4.78, 5) is 52.8. The summed E-state index contributed by atoms with van der Waals surface area (Å²) in [6.07, 6.45) is 1.80. The van der Waals surface area contributed by atoms with Crippen LogP contribution in [0.4, 0.5) is 4.79 Å². The van der Waals surface area contributed by atoms with Crippen molar-refractivity contribution < 1.29 is 28.7 Å². The van der Waals surface area contributed by atoms with E-state index in [1.807, 2.05) is 81.4 Å². The van der Waals surface area contributed by atoms with Gasteiger partial charge < -0.3 is 19.7 Å². The Morgan fingerprint density at radius 3 is 2.00 bits per heavy atom. The molecule has 1 unspecified atom stereocenters. The molecule has 1 N–H and O–H groups in total. The van der Waals surface area contributed by atoms with Gasteiger partial charge in [0, 0.05) is 25.1 Å². The number of rotatable bonds is 11. The van der Waals surface area contributed by atoms with Crippen molar-refractivity contribution in [3.8, 4) is 0 Å². The van der Waals surface area contributed by atoms with Crippen molar-refractivity contribution in [1.82, 2.24) is 10.2 Å². The average Bonchev–Trinajstić information content (AvgIpc) is 3.05. The first-order valence-electron chi connectivity index (χ1n) is 15.7. The van der Waals surface area contributed by atoms with Crippen molar-refractivity contribution in [1.29, 1.82) is 0 Å². The largest absolute Gasteiger partial charge is 0.452 e. The van der Waals surface area contributed by atoms with E-state index < -0.39 is 23.6 Å². The number of ether oxygens (including phenoxy) is 2. The summed E-state index contributed by atoms with van der Waals surface area (Å²) >= 11 is 0. The number of Topliss-reactive ketones (excluding diaryl/α,β-unsaturated/α-hetero) is 1. The lowest BCUT2D eigenvalue weighted by molar-refractivity contribution is -0.149. The minimum absolute atomic E-state index is 0.123. The number of ketones is 1. The maximum atomic E-state index is 13.3. The Bertz CT molecular complexity index is 1400. The van der Waals surface area contributed by atoms with Crippen LogP contribution in [-0.2, 0) is 19.1 Å². The number of nitrogens with zero attached hydrogens (tertiary/aromatic N) is 1. The summed E-state index contributed by atoms with van der Waals surface area (Å²) < 4.78 is 11.5. The van der Waals surface area contributed by atoms with E-state index in [4.69, 9.17) is 9.47 Å². The molecular formula is C37H44N2O6. The number of carbonyl (C=O) groups excluding carboxylic acids is 4. The Hall–Kier alpha value is -4.46. The predicted molar refractivity (Wildman–Crippen MR) is 173 cm³/mol. The molecule has 0 saturated carbocycles. The summed E-state index contributed by atoms with van der Waals surface area (Å²) in [5.74, 6) is -1.08. The fourth-order valence-electron chi connectivity index (χ4n) is 5.36. The zero-order valence-corrected chi connectivity index (χ0v) is 26.7. The molecule has 1 heterocycles. The number of benzene rings is 3. The van der Waals surface area contributed by atoms with Gasteiger partial charge in [0.15, 0.2) is 11.9 Å². The first-order chi connectivity index (χ1) is 21.5. The van der Waals surface area contributed by atoms with Crippen LogP contribution < -0.4 is 5.32 Å². The van der Waals surface area contributed by atoms with E-state index in [1.54, 1.807) is 36.1 Å². The molecule has 2 amide bonds. The summed E-state index contributed by atoms with van der Waals surface area (Å²) in [5, 5.41) is 2.74. The minimum atomic E-state index is -0.607. The van der Waals surface area contributed by atoms with Crippen LogP contribution in [0.15, 0.2) is 84.9 Å². The molecule has 0 spiro atoms. The smallest absolute Gasteiger partial charge is 0.410 e. The van der Waals surface area contributed by atoms with Crippen molar-refractivity contribution in [3.05, 3.63) is 107 Å². The van der Waals surface area contributed by atoms with Gasteiger partial charge in [-0.3, -0.25) is 14.4 Å². The van der Waals surface area contributed by atoms with E-state index in [9.17, 15) is 19.2 Å². The number of nitrogens with one attached hydrogen (secondary N) is 1. The number of piperidine rings is 1. The molecule has 8 nitrogen and oxygen atoms in total. The number of likely N-dealkylation sites (tertiary alicyclic amines) is 1. The second-order valence-electron chi connectivity index (χ2n) is 12.6. The Morgan fingerprint density at radius 2 is 1.42 bits per heavy atom. The summed E-state index contributed by atoms with van der Waals surface area (Å²) in [6.45, 7) is 8.42. The van der Waals surface area contributed by atoms with Gasteiger partial charge in [-0.25, -0.2) is 4.79 Å².